The number of Topliss-reactive ketones (excluding diaryl/α,β-unsaturated/α-hetero) is 1. The van der Waals surface area contributed by atoms with E-state index >= 15 is 0 Å². The van der Waals surface area contributed by atoms with Gasteiger partial charge in [0.05, 0.1) is 5.75 Å². The Balaban J connectivity index is 1.81. The molecule has 1 fully saturated rings. The van der Waals surface area contributed by atoms with E-state index in [1.54, 1.807) is 11.8 Å². The Bertz CT molecular complexity index is 368. The lowest BCUT2D eigenvalue weighted by molar-refractivity contribution is -0.121. The highest BCUT2D eigenvalue weighted by Crippen LogP contribution is 2.27. The van der Waals surface area contributed by atoms with Crippen molar-refractivity contribution >= 4 is 33.5 Å². The van der Waals surface area contributed by atoms with Crippen molar-refractivity contribution in [1.29, 1.82) is 0 Å². The number of thioether (sulfide) groups is 1. The molecule has 0 spiro atoms. The molecule has 0 aromatic heterocycles. The van der Waals surface area contributed by atoms with Crippen LogP contribution in [0.2, 0.25) is 0 Å². The first-order valence-electron chi connectivity index (χ1n) is 6.17. The molecule has 0 atom stereocenters. The van der Waals surface area contributed by atoms with Gasteiger partial charge in [-0.1, -0.05) is 35.2 Å². The van der Waals surface area contributed by atoms with Gasteiger partial charge in [0.1, 0.15) is 5.78 Å². The maximum absolute atomic E-state index is 12.0. The van der Waals surface area contributed by atoms with E-state index in [9.17, 15) is 4.79 Å². The zero-order valence-electron chi connectivity index (χ0n) is 9.82. The summed E-state index contributed by atoms with van der Waals surface area (Å²) in [5.74, 6) is 1.41. The van der Waals surface area contributed by atoms with Crippen LogP contribution in [0.3, 0.4) is 0 Å². The topological polar surface area (TPSA) is 17.1 Å². The van der Waals surface area contributed by atoms with E-state index in [2.05, 4.69) is 28.1 Å². The van der Waals surface area contributed by atoms with Crippen molar-refractivity contribution in [3.63, 3.8) is 0 Å². The van der Waals surface area contributed by atoms with Crippen molar-refractivity contribution in [3.8, 4) is 0 Å². The average Bonchev–Trinajstić information content (AvgIpc) is 2.39. The first-order valence-corrected chi connectivity index (χ1v) is 7.94. The largest absolute Gasteiger partial charge is 0.298 e. The Labute approximate surface area is 115 Å². The molecule has 1 aliphatic rings. The zero-order chi connectivity index (χ0) is 12.1. The van der Waals surface area contributed by atoms with Gasteiger partial charge in [0.25, 0.3) is 0 Å². The number of ketones is 1. The monoisotopic (exact) mass is 312 g/mol. The molecule has 17 heavy (non-hydrogen) atoms. The van der Waals surface area contributed by atoms with Crippen LogP contribution in [0.15, 0.2) is 33.6 Å². The van der Waals surface area contributed by atoms with Crippen LogP contribution in [0, 0.1) is 5.92 Å². The van der Waals surface area contributed by atoms with Crippen molar-refractivity contribution in [2.75, 3.05) is 5.75 Å². The highest BCUT2D eigenvalue weighted by Gasteiger charge is 2.20. The molecular formula is C14H17BrOS. The van der Waals surface area contributed by atoms with Crippen LogP contribution in [0.25, 0.3) is 0 Å². The normalized spacial score (nSPS) is 17.0. The molecule has 2 rings (SSSR count). The Morgan fingerprint density at radius 3 is 2.47 bits per heavy atom. The minimum atomic E-state index is 0.340. The molecule has 1 aromatic rings. The van der Waals surface area contributed by atoms with E-state index in [0.717, 1.165) is 17.3 Å². The van der Waals surface area contributed by atoms with Gasteiger partial charge in [0.2, 0.25) is 0 Å². The molecule has 0 amide bonds. The van der Waals surface area contributed by atoms with Gasteiger partial charge in [0.15, 0.2) is 0 Å². The van der Waals surface area contributed by atoms with Crippen LogP contribution in [-0.2, 0) is 4.79 Å². The highest BCUT2D eigenvalue weighted by atomic mass is 79.9. The quantitative estimate of drug-likeness (QED) is 0.750. The highest BCUT2D eigenvalue weighted by molar-refractivity contribution is 9.10. The molecule has 0 saturated heterocycles. The van der Waals surface area contributed by atoms with Crippen LogP contribution in [0.5, 0.6) is 0 Å². The summed E-state index contributed by atoms with van der Waals surface area (Å²) >= 11 is 5.07. The maximum atomic E-state index is 12.0. The van der Waals surface area contributed by atoms with Crippen molar-refractivity contribution < 1.29 is 4.79 Å². The van der Waals surface area contributed by atoms with Crippen molar-refractivity contribution in [3.05, 3.63) is 28.7 Å². The van der Waals surface area contributed by atoms with E-state index in [4.69, 9.17) is 0 Å². The molecule has 1 aromatic carbocycles. The van der Waals surface area contributed by atoms with Crippen molar-refractivity contribution in [2.45, 2.75) is 37.0 Å². The van der Waals surface area contributed by atoms with Crippen LogP contribution >= 0.6 is 27.7 Å². The Hall–Kier alpha value is -0.280. The summed E-state index contributed by atoms with van der Waals surface area (Å²) in [5, 5.41) is 0. The second kappa shape index (κ2) is 6.60. The molecule has 0 N–H and O–H groups in total. The Morgan fingerprint density at radius 2 is 1.82 bits per heavy atom. The van der Waals surface area contributed by atoms with Crippen LogP contribution in [-0.4, -0.2) is 11.5 Å². The molecule has 0 radical (unpaired) electrons. The number of carbonyl (C=O) groups is 1. The zero-order valence-corrected chi connectivity index (χ0v) is 12.2. The summed E-state index contributed by atoms with van der Waals surface area (Å²) in [4.78, 5) is 13.2. The van der Waals surface area contributed by atoms with Gasteiger partial charge in [-0.25, -0.2) is 0 Å². The van der Waals surface area contributed by atoms with Gasteiger partial charge < -0.3 is 0 Å². The second-order valence-electron chi connectivity index (χ2n) is 4.54. The van der Waals surface area contributed by atoms with Crippen LogP contribution in [0.4, 0.5) is 0 Å². The number of hydrogen-bond donors (Lipinski definition) is 0. The van der Waals surface area contributed by atoms with Crippen LogP contribution < -0.4 is 0 Å². The Morgan fingerprint density at radius 1 is 1.18 bits per heavy atom. The van der Waals surface area contributed by atoms with Gasteiger partial charge in [-0.2, -0.15) is 0 Å². The average molecular weight is 313 g/mol. The van der Waals surface area contributed by atoms with Gasteiger partial charge in [-0.15, -0.1) is 11.8 Å². The second-order valence-corrected chi connectivity index (χ2v) is 6.51. The molecular weight excluding hydrogens is 296 g/mol. The smallest absolute Gasteiger partial charge is 0.146 e. The summed E-state index contributed by atoms with van der Waals surface area (Å²) < 4.78 is 1.08. The van der Waals surface area contributed by atoms with E-state index in [1.165, 1.54) is 24.2 Å². The maximum Gasteiger partial charge on any atom is 0.146 e. The van der Waals surface area contributed by atoms with Gasteiger partial charge in [0, 0.05) is 15.3 Å². The standard InChI is InChI=1S/C14H17BrOS/c15-12-6-8-13(9-7-12)17-10-14(16)11-4-2-1-3-5-11/h6-9,11H,1-5,10H2. The van der Waals surface area contributed by atoms with Gasteiger partial charge >= 0.3 is 0 Å². The minimum absolute atomic E-state index is 0.340. The summed E-state index contributed by atoms with van der Waals surface area (Å²) in [6.45, 7) is 0. The third-order valence-electron chi connectivity index (χ3n) is 3.26. The van der Waals surface area contributed by atoms with Crippen molar-refractivity contribution in [2.24, 2.45) is 5.92 Å². The fourth-order valence-electron chi connectivity index (χ4n) is 2.23. The van der Waals surface area contributed by atoms with Gasteiger partial charge in [-0.05, 0) is 37.1 Å². The fourth-order valence-corrected chi connectivity index (χ4v) is 3.37. The molecule has 92 valence electrons. The molecule has 0 aliphatic heterocycles. The summed E-state index contributed by atoms with van der Waals surface area (Å²) in [6.07, 6.45) is 6.00. The lowest BCUT2D eigenvalue weighted by Crippen LogP contribution is -2.19. The summed E-state index contributed by atoms with van der Waals surface area (Å²) in [7, 11) is 0. The van der Waals surface area contributed by atoms with Gasteiger partial charge in [-0.3, -0.25) is 4.79 Å². The fraction of sp³-hybridized carbons (Fsp3) is 0.500. The number of carbonyl (C=O) groups excluding carboxylic acids is 1. The minimum Gasteiger partial charge on any atom is -0.298 e. The lowest BCUT2D eigenvalue weighted by atomic mass is 9.87. The number of halogens is 1. The molecule has 0 bridgehead atoms. The molecule has 1 nitrogen and oxygen atoms in total. The summed E-state index contributed by atoms with van der Waals surface area (Å²) in [5.41, 5.74) is 0. The van der Waals surface area contributed by atoms with E-state index in [-0.39, 0.29) is 0 Å². The molecule has 0 unspecified atom stereocenters. The van der Waals surface area contributed by atoms with Crippen molar-refractivity contribution in [1.82, 2.24) is 0 Å². The third kappa shape index (κ3) is 4.14. The Kier molecular flexibility index (Phi) is 5.11. The molecule has 1 aliphatic carbocycles. The van der Waals surface area contributed by atoms with E-state index < -0.39 is 0 Å². The molecule has 1 saturated carbocycles. The summed E-state index contributed by atoms with van der Waals surface area (Å²) in [6, 6.07) is 8.16. The number of rotatable bonds is 4. The molecule has 3 heteroatoms. The predicted octanol–water partition coefficient (Wildman–Crippen LogP) is 4.69. The molecule has 0 heterocycles. The number of hydrogen-bond acceptors (Lipinski definition) is 2. The lowest BCUT2D eigenvalue weighted by Gasteiger charge is -2.19. The van der Waals surface area contributed by atoms with Crippen LogP contribution in [0.1, 0.15) is 32.1 Å². The first kappa shape index (κ1) is 13.2. The SMILES string of the molecule is O=C(CSc1ccc(Br)cc1)C1CCCCC1. The predicted molar refractivity (Wildman–Crippen MR) is 76.4 cm³/mol. The van der Waals surface area contributed by atoms with E-state index in [1.807, 2.05) is 12.1 Å². The van der Waals surface area contributed by atoms with E-state index in [0.29, 0.717) is 17.5 Å². The number of benzene rings is 1. The third-order valence-corrected chi connectivity index (χ3v) is 4.82. The first-order chi connectivity index (χ1) is 8.25.